The van der Waals surface area contributed by atoms with E-state index in [2.05, 4.69) is 34.3 Å². The molecule has 1 aromatic heterocycles. The molecule has 0 fully saturated rings. The third-order valence-electron chi connectivity index (χ3n) is 3.37. The molecular weight excluding hydrogens is 250 g/mol. The van der Waals surface area contributed by atoms with Gasteiger partial charge in [-0.2, -0.15) is 0 Å². The number of fused-ring (bicyclic) bond motifs is 1. The van der Waals surface area contributed by atoms with Gasteiger partial charge in [-0.05, 0) is 43.2 Å². The molecule has 0 amide bonds. The van der Waals surface area contributed by atoms with Crippen molar-refractivity contribution in [2.75, 3.05) is 18.5 Å². The average Bonchev–Trinajstić information content (AvgIpc) is 2.92. The van der Waals surface area contributed by atoms with Crippen LogP contribution in [0.1, 0.15) is 24.6 Å². The predicted molar refractivity (Wildman–Crippen MR) is 80.2 cm³/mol. The molecule has 0 aliphatic carbocycles. The number of hydrogen-bond acceptors (Lipinski definition) is 4. The average molecular weight is 269 g/mol. The molecule has 4 nitrogen and oxygen atoms in total. The van der Waals surface area contributed by atoms with Crippen LogP contribution in [0.15, 0.2) is 24.3 Å². The molecule has 0 saturated carbocycles. The van der Waals surface area contributed by atoms with Crippen LogP contribution in [0.25, 0.3) is 11.3 Å². The van der Waals surface area contributed by atoms with Gasteiger partial charge in [0.25, 0.3) is 0 Å². The summed E-state index contributed by atoms with van der Waals surface area (Å²) in [6.45, 7) is 5.80. The number of aryl methyl sites for hydroxylation is 1. The molecule has 0 atom stereocenters. The van der Waals surface area contributed by atoms with Gasteiger partial charge >= 0.3 is 0 Å². The number of nitrogens with one attached hydrogen (secondary N) is 1. The fourth-order valence-corrected chi connectivity index (χ4v) is 2.38. The number of rotatable bonds is 4. The van der Waals surface area contributed by atoms with Gasteiger partial charge in [-0.3, -0.25) is 0 Å². The molecule has 0 bridgehead atoms. The van der Waals surface area contributed by atoms with E-state index in [1.54, 1.807) is 0 Å². The van der Waals surface area contributed by atoms with Gasteiger partial charge in [0.15, 0.2) is 0 Å². The minimum atomic E-state index is 0.707. The van der Waals surface area contributed by atoms with Crippen LogP contribution < -0.4 is 10.1 Å². The number of hydrogen-bond donors (Lipinski definition) is 1. The first kappa shape index (κ1) is 12.9. The van der Waals surface area contributed by atoms with E-state index in [9.17, 15) is 0 Å². The Morgan fingerprint density at radius 2 is 2.15 bits per heavy atom. The van der Waals surface area contributed by atoms with E-state index in [1.807, 2.05) is 19.1 Å². The van der Waals surface area contributed by atoms with Crippen molar-refractivity contribution in [3.05, 3.63) is 35.5 Å². The lowest BCUT2D eigenvalue weighted by Crippen LogP contribution is -2.05. The fraction of sp³-hybridized carbons (Fsp3) is 0.375. The van der Waals surface area contributed by atoms with Gasteiger partial charge in [0.05, 0.1) is 12.3 Å². The van der Waals surface area contributed by atoms with E-state index < -0.39 is 0 Å². The summed E-state index contributed by atoms with van der Waals surface area (Å²) in [5.41, 5.74) is 4.33. The Hall–Kier alpha value is -2.10. The Morgan fingerprint density at radius 1 is 1.25 bits per heavy atom. The highest BCUT2D eigenvalue weighted by Crippen LogP contribution is 2.30. The van der Waals surface area contributed by atoms with Crippen molar-refractivity contribution in [1.82, 2.24) is 9.97 Å². The van der Waals surface area contributed by atoms with Crippen LogP contribution in [0.5, 0.6) is 5.75 Å². The molecule has 2 heterocycles. The van der Waals surface area contributed by atoms with Crippen molar-refractivity contribution in [2.45, 2.75) is 26.7 Å². The Balaban J connectivity index is 1.94. The zero-order valence-corrected chi connectivity index (χ0v) is 11.9. The highest BCUT2D eigenvalue weighted by molar-refractivity contribution is 5.64. The molecule has 0 radical (unpaired) electrons. The quantitative estimate of drug-likeness (QED) is 0.926. The molecule has 1 aliphatic rings. The van der Waals surface area contributed by atoms with Crippen molar-refractivity contribution in [1.29, 1.82) is 0 Å². The van der Waals surface area contributed by atoms with E-state index in [0.29, 0.717) is 5.95 Å². The largest absolute Gasteiger partial charge is 0.493 e. The summed E-state index contributed by atoms with van der Waals surface area (Å²) in [5, 5.41) is 3.25. The third-order valence-corrected chi connectivity index (χ3v) is 3.37. The number of nitrogens with zero attached hydrogens (tertiary/aromatic N) is 2. The molecule has 1 aromatic carbocycles. The first-order valence-electron chi connectivity index (χ1n) is 7.12. The second-order valence-corrected chi connectivity index (χ2v) is 5.07. The van der Waals surface area contributed by atoms with Crippen LogP contribution in [0.2, 0.25) is 0 Å². The topological polar surface area (TPSA) is 47.0 Å². The van der Waals surface area contributed by atoms with E-state index in [4.69, 9.17) is 4.74 Å². The fourth-order valence-electron chi connectivity index (χ4n) is 2.38. The minimum absolute atomic E-state index is 0.707. The molecule has 3 rings (SSSR count). The van der Waals surface area contributed by atoms with Crippen LogP contribution in [0, 0.1) is 6.92 Å². The molecule has 4 heteroatoms. The first-order valence-corrected chi connectivity index (χ1v) is 7.12. The Morgan fingerprint density at radius 3 is 3.00 bits per heavy atom. The van der Waals surface area contributed by atoms with Crippen molar-refractivity contribution >= 4 is 5.95 Å². The summed E-state index contributed by atoms with van der Waals surface area (Å²) < 4.78 is 5.54. The maximum Gasteiger partial charge on any atom is 0.223 e. The second kappa shape index (κ2) is 5.49. The van der Waals surface area contributed by atoms with Gasteiger partial charge < -0.3 is 10.1 Å². The van der Waals surface area contributed by atoms with Crippen LogP contribution in [0.3, 0.4) is 0 Å². The van der Waals surface area contributed by atoms with E-state index in [1.165, 1.54) is 5.56 Å². The smallest absolute Gasteiger partial charge is 0.223 e. The van der Waals surface area contributed by atoms with Gasteiger partial charge in [-0.25, -0.2) is 9.97 Å². The van der Waals surface area contributed by atoms with Gasteiger partial charge in [-0.15, -0.1) is 0 Å². The highest BCUT2D eigenvalue weighted by atomic mass is 16.5. The summed E-state index contributed by atoms with van der Waals surface area (Å²) >= 11 is 0. The summed E-state index contributed by atoms with van der Waals surface area (Å²) in [6.07, 6.45) is 2.04. The normalized spacial score (nSPS) is 12.9. The minimum Gasteiger partial charge on any atom is -0.493 e. The van der Waals surface area contributed by atoms with Gasteiger partial charge in [0.1, 0.15) is 5.75 Å². The van der Waals surface area contributed by atoms with Gasteiger partial charge in [0, 0.05) is 24.2 Å². The molecular formula is C16H19N3O. The lowest BCUT2D eigenvalue weighted by atomic mass is 10.1. The molecule has 0 unspecified atom stereocenters. The Kier molecular flexibility index (Phi) is 3.54. The van der Waals surface area contributed by atoms with E-state index in [0.717, 1.165) is 48.7 Å². The highest BCUT2D eigenvalue weighted by Gasteiger charge is 2.13. The molecule has 104 valence electrons. The molecule has 1 aliphatic heterocycles. The number of ether oxygens (including phenoxy) is 1. The van der Waals surface area contributed by atoms with E-state index >= 15 is 0 Å². The standard InChI is InChI=1S/C16H19N3O/c1-3-7-17-16-18-11(2)9-14(19-16)12-4-5-15-13(10-12)6-8-20-15/h4-5,9-10H,3,6-8H2,1-2H3,(H,17,18,19). The Bertz CT molecular complexity index is 625. The molecule has 0 saturated heterocycles. The first-order chi connectivity index (χ1) is 9.76. The number of anilines is 1. The zero-order chi connectivity index (χ0) is 13.9. The zero-order valence-electron chi connectivity index (χ0n) is 11.9. The summed E-state index contributed by atoms with van der Waals surface area (Å²) in [4.78, 5) is 9.03. The third kappa shape index (κ3) is 2.59. The maximum atomic E-state index is 5.54. The Labute approximate surface area is 119 Å². The predicted octanol–water partition coefficient (Wildman–Crippen LogP) is 3.21. The molecule has 2 aromatic rings. The number of benzene rings is 1. The molecule has 20 heavy (non-hydrogen) atoms. The monoisotopic (exact) mass is 269 g/mol. The van der Waals surface area contributed by atoms with Crippen molar-refractivity contribution in [2.24, 2.45) is 0 Å². The van der Waals surface area contributed by atoms with Crippen LogP contribution in [-0.4, -0.2) is 23.1 Å². The van der Waals surface area contributed by atoms with Gasteiger partial charge in [-0.1, -0.05) is 6.92 Å². The maximum absolute atomic E-state index is 5.54. The van der Waals surface area contributed by atoms with Crippen molar-refractivity contribution in [3.63, 3.8) is 0 Å². The number of aromatic nitrogens is 2. The lowest BCUT2D eigenvalue weighted by Gasteiger charge is -2.08. The van der Waals surface area contributed by atoms with E-state index in [-0.39, 0.29) is 0 Å². The lowest BCUT2D eigenvalue weighted by molar-refractivity contribution is 0.357. The van der Waals surface area contributed by atoms with Gasteiger partial charge in [0.2, 0.25) is 5.95 Å². The summed E-state index contributed by atoms with van der Waals surface area (Å²) in [5.74, 6) is 1.71. The molecule has 1 N–H and O–H groups in total. The van der Waals surface area contributed by atoms with Crippen LogP contribution in [0.4, 0.5) is 5.95 Å². The summed E-state index contributed by atoms with van der Waals surface area (Å²) in [7, 11) is 0. The van der Waals surface area contributed by atoms with Crippen molar-refractivity contribution < 1.29 is 4.74 Å². The summed E-state index contributed by atoms with van der Waals surface area (Å²) in [6, 6.07) is 8.30. The SMILES string of the molecule is CCCNc1nc(C)cc(-c2ccc3c(c2)CCO3)n1. The van der Waals surface area contributed by atoms with Crippen molar-refractivity contribution in [3.8, 4) is 17.0 Å². The molecule has 0 spiro atoms. The second-order valence-electron chi connectivity index (χ2n) is 5.07. The van der Waals surface area contributed by atoms with Crippen LogP contribution in [-0.2, 0) is 6.42 Å². The van der Waals surface area contributed by atoms with Crippen LogP contribution >= 0.6 is 0 Å².